The Morgan fingerprint density at radius 3 is 1.73 bits per heavy atom. The molecule has 0 heteroatoms. The standard InChI is InChI=1S/C18H20.C8H18.C4H10.C2H6.CH4/c1-13-6-5-7-17(10-13)16(4)12-18-11-14(2)8-9-15(18)3;1-4-6-8(3)7-5-2;1-3-4-2;1-2;/h5-12H,1-4H3;8H,4-7H2,1-3H3;3-4H2,1-2H3;1-2H3;1H4/b16-12+;;;;. The fourth-order valence-electron chi connectivity index (χ4n) is 3.25. The van der Waals surface area contributed by atoms with Gasteiger partial charge >= 0.3 is 0 Å². The highest BCUT2D eigenvalue weighted by atomic mass is 14.0. The molecule has 0 saturated carbocycles. The van der Waals surface area contributed by atoms with Crippen molar-refractivity contribution in [2.45, 2.75) is 122 Å². The Morgan fingerprint density at radius 1 is 0.758 bits per heavy atom. The van der Waals surface area contributed by atoms with Gasteiger partial charge in [-0.2, -0.15) is 0 Å². The summed E-state index contributed by atoms with van der Waals surface area (Å²) in [5.74, 6) is 0.963. The molecule has 33 heavy (non-hydrogen) atoms. The van der Waals surface area contributed by atoms with Gasteiger partial charge in [0, 0.05) is 0 Å². The van der Waals surface area contributed by atoms with Crippen LogP contribution in [-0.2, 0) is 0 Å². The predicted octanol–water partition coefficient (Wildman–Crippen LogP) is 11.9. The fraction of sp³-hybridized carbons (Fsp3) is 0.576. The summed E-state index contributed by atoms with van der Waals surface area (Å²) in [7, 11) is 0. The van der Waals surface area contributed by atoms with Crippen LogP contribution in [0.15, 0.2) is 42.5 Å². The molecule has 2 aromatic carbocycles. The second kappa shape index (κ2) is 23.3. The van der Waals surface area contributed by atoms with Crippen molar-refractivity contribution in [3.05, 3.63) is 70.3 Å². The summed E-state index contributed by atoms with van der Waals surface area (Å²) in [6, 6.07) is 15.2. The first-order chi connectivity index (χ1) is 15.3. The van der Waals surface area contributed by atoms with Crippen molar-refractivity contribution < 1.29 is 0 Å². The van der Waals surface area contributed by atoms with Gasteiger partial charge in [-0.3, -0.25) is 0 Å². The van der Waals surface area contributed by atoms with Crippen LogP contribution in [0.2, 0.25) is 0 Å². The van der Waals surface area contributed by atoms with Crippen LogP contribution in [-0.4, -0.2) is 0 Å². The van der Waals surface area contributed by atoms with E-state index in [1.807, 2.05) is 13.8 Å². The molecule has 0 bridgehead atoms. The molecule has 0 aliphatic rings. The number of hydrogen-bond donors (Lipinski definition) is 0. The van der Waals surface area contributed by atoms with Gasteiger partial charge in [-0.1, -0.05) is 154 Å². The predicted molar refractivity (Wildman–Crippen MR) is 158 cm³/mol. The minimum atomic E-state index is 0. The zero-order chi connectivity index (χ0) is 24.9. The average Bonchev–Trinajstić information content (AvgIpc) is 2.78. The second-order valence-electron chi connectivity index (χ2n) is 8.74. The highest BCUT2D eigenvalue weighted by molar-refractivity contribution is 5.81. The fourth-order valence-corrected chi connectivity index (χ4v) is 3.25. The van der Waals surface area contributed by atoms with Gasteiger partial charge in [0.25, 0.3) is 0 Å². The van der Waals surface area contributed by atoms with Crippen LogP contribution in [0.4, 0.5) is 0 Å². The van der Waals surface area contributed by atoms with Gasteiger partial charge in [0.05, 0.1) is 0 Å². The highest BCUT2D eigenvalue weighted by Gasteiger charge is 1.99. The van der Waals surface area contributed by atoms with Crippen LogP contribution in [0.3, 0.4) is 0 Å². The number of unbranched alkanes of at least 4 members (excludes halogenated alkanes) is 1. The molecule has 0 saturated heterocycles. The zero-order valence-electron chi connectivity index (χ0n) is 23.4. The summed E-state index contributed by atoms with van der Waals surface area (Å²) >= 11 is 0. The Morgan fingerprint density at radius 2 is 1.27 bits per heavy atom. The van der Waals surface area contributed by atoms with Gasteiger partial charge in [-0.05, 0) is 55.9 Å². The largest absolute Gasteiger partial charge is 0.0776 e. The maximum absolute atomic E-state index is 2.34. The van der Waals surface area contributed by atoms with E-state index in [9.17, 15) is 0 Å². The number of benzene rings is 2. The van der Waals surface area contributed by atoms with Crippen molar-refractivity contribution in [3.63, 3.8) is 0 Å². The Balaban J connectivity index is -0.000000505. The molecule has 0 unspecified atom stereocenters. The summed E-state index contributed by atoms with van der Waals surface area (Å²) in [6.07, 6.45) is 10.4. The van der Waals surface area contributed by atoms with Crippen LogP contribution in [0, 0.1) is 26.7 Å². The van der Waals surface area contributed by atoms with E-state index in [1.54, 1.807) is 0 Å². The molecule has 0 atom stereocenters. The number of hydrogen-bond acceptors (Lipinski definition) is 0. The Bertz CT molecular complexity index is 713. The Labute approximate surface area is 209 Å². The third kappa shape index (κ3) is 18.3. The molecular formula is C33H58. The minimum absolute atomic E-state index is 0. The van der Waals surface area contributed by atoms with E-state index >= 15 is 0 Å². The van der Waals surface area contributed by atoms with Crippen LogP contribution in [0.5, 0.6) is 0 Å². The zero-order valence-corrected chi connectivity index (χ0v) is 23.4. The quantitative estimate of drug-likeness (QED) is 0.365. The van der Waals surface area contributed by atoms with E-state index in [4.69, 9.17) is 0 Å². The molecule has 0 radical (unpaired) electrons. The van der Waals surface area contributed by atoms with Crippen LogP contribution in [0.25, 0.3) is 11.6 Å². The van der Waals surface area contributed by atoms with E-state index in [0.717, 1.165) is 5.92 Å². The lowest BCUT2D eigenvalue weighted by Gasteiger charge is -2.06. The van der Waals surface area contributed by atoms with Crippen LogP contribution >= 0.6 is 0 Å². The van der Waals surface area contributed by atoms with E-state index < -0.39 is 0 Å². The van der Waals surface area contributed by atoms with E-state index in [0.29, 0.717) is 0 Å². The normalized spacial score (nSPS) is 10.0. The summed E-state index contributed by atoms with van der Waals surface area (Å²) < 4.78 is 0. The lowest BCUT2D eigenvalue weighted by atomic mass is 9.99. The summed E-state index contributed by atoms with van der Waals surface area (Å²) in [5, 5.41) is 0. The molecule has 0 N–H and O–H groups in total. The van der Waals surface area contributed by atoms with Crippen molar-refractivity contribution in [1.29, 1.82) is 0 Å². The van der Waals surface area contributed by atoms with Crippen molar-refractivity contribution in [3.8, 4) is 0 Å². The molecule has 0 spiro atoms. The third-order valence-electron chi connectivity index (χ3n) is 5.34. The minimum Gasteiger partial charge on any atom is -0.0776 e. The molecule has 2 aromatic rings. The summed E-state index contributed by atoms with van der Waals surface area (Å²) in [4.78, 5) is 0. The van der Waals surface area contributed by atoms with Crippen molar-refractivity contribution in [2.75, 3.05) is 0 Å². The molecule has 0 aromatic heterocycles. The van der Waals surface area contributed by atoms with E-state index in [1.165, 1.54) is 71.9 Å². The first-order valence-corrected chi connectivity index (χ1v) is 13.1. The second-order valence-corrected chi connectivity index (χ2v) is 8.74. The van der Waals surface area contributed by atoms with Crippen LogP contribution in [0.1, 0.15) is 129 Å². The first kappa shape index (κ1) is 35.8. The number of allylic oxidation sites excluding steroid dienone is 1. The van der Waals surface area contributed by atoms with Gasteiger partial charge in [-0.25, -0.2) is 0 Å². The van der Waals surface area contributed by atoms with Gasteiger partial charge in [0.15, 0.2) is 0 Å². The SMILES string of the molecule is C.C/C(=C\c1cc(C)ccc1C)c1cccc(C)c1.CC.CCCC.CCCC(C)CCC. The average molecular weight is 455 g/mol. The molecule has 0 nitrogen and oxygen atoms in total. The molecule has 0 amide bonds. The topological polar surface area (TPSA) is 0 Å². The first-order valence-electron chi connectivity index (χ1n) is 13.1. The van der Waals surface area contributed by atoms with Crippen LogP contribution < -0.4 is 0 Å². The van der Waals surface area contributed by atoms with Gasteiger partial charge in [-0.15, -0.1) is 0 Å². The van der Waals surface area contributed by atoms with Crippen molar-refractivity contribution in [2.24, 2.45) is 5.92 Å². The molecule has 2 rings (SSSR count). The lowest BCUT2D eigenvalue weighted by molar-refractivity contribution is 0.480. The molecule has 0 aliphatic carbocycles. The Kier molecular flexibility index (Phi) is 25.3. The third-order valence-corrected chi connectivity index (χ3v) is 5.34. The number of rotatable bonds is 7. The monoisotopic (exact) mass is 454 g/mol. The summed E-state index contributed by atoms with van der Waals surface area (Å²) in [5.41, 5.74) is 7.87. The smallest absolute Gasteiger partial charge is 0.0222 e. The van der Waals surface area contributed by atoms with E-state index in [2.05, 4.69) is 111 Å². The maximum atomic E-state index is 2.34. The molecular weight excluding hydrogens is 396 g/mol. The summed E-state index contributed by atoms with van der Waals surface area (Å²) in [6.45, 7) is 23.8. The molecule has 190 valence electrons. The molecule has 0 fully saturated rings. The van der Waals surface area contributed by atoms with Crippen molar-refractivity contribution >= 4 is 11.6 Å². The molecule has 0 aliphatic heterocycles. The van der Waals surface area contributed by atoms with Gasteiger partial charge in [0.2, 0.25) is 0 Å². The Hall–Kier alpha value is -1.82. The maximum Gasteiger partial charge on any atom is -0.0222 e. The van der Waals surface area contributed by atoms with E-state index in [-0.39, 0.29) is 7.43 Å². The van der Waals surface area contributed by atoms with Gasteiger partial charge in [0.1, 0.15) is 0 Å². The number of aryl methyl sites for hydroxylation is 3. The van der Waals surface area contributed by atoms with Gasteiger partial charge < -0.3 is 0 Å². The lowest BCUT2D eigenvalue weighted by Crippen LogP contribution is -1.91. The molecule has 0 heterocycles. The van der Waals surface area contributed by atoms with Crippen molar-refractivity contribution in [1.82, 2.24) is 0 Å². The highest BCUT2D eigenvalue weighted by Crippen LogP contribution is 2.21.